The molecule has 1 N–H and O–H groups in total. The fourth-order valence-electron chi connectivity index (χ4n) is 1.72. The molecule has 0 aliphatic heterocycles. The van der Waals surface area contributed by atoms with Crippen molar-refractivity contribution in [2.75, 3.05) is 19.5 Å². The molecule has 0 spiro atoms. The van der Waals surface area contributed by atoms with Gasteiger partial charge in [0.15, 0.2) is 0 Å². The van der Waals surface area contributed by atoms with E-state index < -0.39 is 0 Å². The van der Waals surface area contributed by atoms with Gasteiger partial charge in [0.1, 0.15) is 11.4 Å². The Labute approximate surface area is 118 Å². The van der Waals surface area contributed by atoms with Crippen LogP contribution in [-0.2, 0) is 13.6 Å². The Hall–Kier alpha value is -1.88. The number of ether oxygens (including phenoxy) is 2. The van der Waals surface area contributed by atoms with Crippen LogP contribution < -0.4 is 14.8 Å². The molecule has 1 heterocycles. The third-order valence-electron chi connectivity index (χ3n) is 2.61. The maximum Gasteiger partial charge on any atom is 0.256 e. The minimum atomic E-state index is 0. The van der Waals surface area contributed by atoms with Crippen molar-refractivity contribution in [2.45, 2.75) is 6.54 Å². The summed E-state index contributed by atoms with van der Waals surface area (Å²) < 4.78 is 12.1. The van der Waals surface area contributed by atoms with Gasteiger partial charge in [0.25, 0.3) is 5.88 Å². The zero-order valence-corrected chi connectivity index (χ0v) is 12.0. The first-order valence-corrected chi connectivity index (χ1v) is 5.67. The van der Waals surface area contributed by atoms with E-state index in [4.69, 9.17) is 9.47 Å². The molecule has 0 atom stereocenters. The molecule has 104 valence electrons. The van der Waals surface area contributed by atoms with Gasteiger partial charge < -0.3 is 14.8 Å². The lowest BCUT2D eigenvalue weighted by Crippen LogP contribution is -2.00. The number of nitrogens with zero attached hydrogens (tertiary/aromatic N) is 2. The largest absolute Gasteiger partial charge is 0.497 e. The third kappa shape index (κ3) is 3.79. The van der Waals surface area contributed by atoms with Gasteiger partial charge in [-0.15, -0.1) is 17.5 Å². The Balaban J connectivity index is 0.00000180. The predicted molar refractivity (Wildman–Crippen MR) is 77.3 cm³/mol. The molecule has 5 nitrogen and oxygen atoms in total. The summed E-state index contributed by atoms with van der Waals surface area (Å²) >= 11 is 0. The summed E-state index contributed by atoms with van der Waals surface area (Å²) in [6, 6.07) is 7.93. The second-order valence-corrected chi connectivity index (χ2v) is 3.93. The van der Waals surface area contributed by atoms with E-state index in [9.17, 15) is 0 Å². The Morgan fingerprint density at radius 2 is 2.05 bits per heavy atom. The standard InChI is InChI=1S/C13H17N3O2.ClH/c1-16-9-12(13(15-16)18-3)14-8-10-5-4-6-11(7-10)17-2;/h4-7,9,14H,8H2,1-3H3;1H. The molecule has 0 amide bonds. The molecule has 6 heteroatoms. The number of hydrogen-bond acceptors (Lipinski definition) is 4. The molecular weight excluding hydrogens is 266 g/mol. The van der Waals surface area contributed by atoms with E-state index in [0.29, 0.717) is 12.4 Å². The highest BCUT2D eigenvalue weighted by molar-refractivity contribution is 5.85. The number of benzene rings is 1. The lowest BCUT2D eigenvalue weighted by Gasteiger charge is -2.07. The molecule has 0 aliphatic rings. The number of aryl methyl sites for hydroxylation is 1. The van der Waals surface area contributed by atoms with Crippen LogP contribution in [0.2, 0.25) is 0 Å². The lowest BCUT2D eigenvalue weighted by atomic mass is 10.2. The SMILES string of the molecule is COc1cccc(CNc2cn(C)nc2OC)c1.Cl. The Kier molecular flexibility index (Phi) is 5.51. The quantitative estimate of drug-likeness (QED) is 0.916. The third-order valence-corrected chi connectivity index (χ3v) is 2.61. The van der Waals surface area contributed by atoms with Gasteiger partial charge in [-0.1, -0.05) is 12.1 Å². The average Bonchev–Trinajstić information content (AvgIpc) is 2.77. The molecule has 0 radical (unpaired) electrons. The summed E-state index contributed by atoms with van der Waals surface area (Å²) in [6.07, 6.45) is 1.89. The summed E-state index contributed by atoms with van der Waals surface area (Å²) in [7, 11) is 5.13. The Bertz CT molecular complexity index is 528. The van der Waals surface area contributed by atoms with Crippen molar-refractivity contribution in [1.82, 2.24) is 9.78 Å². The number of rotatable bonds is 5. The van der Waals surface area contributed by atoms with Gasteiger partial charge in [0.05, 0.1) is 20.4 Å². The van der Waals surface area contributed by atoms with Crippen LogP contribution in [0, 0.1) is 0 Å². The first kappa shape index (κ1) is 15.2. The summed E-state index contributed by atoms with van der Waals surface area (Å²) in [6.45, 7) is 0.694. The molecule has 0 saturated carbocycles. The minimum absolute atomic E-state index is 0. The van der Waals surface area contributed by atoms with Gasteiger partial charge in [-0.05, 0) is 17.7 Å². The smallest absolute Gasteiger partial charge is 0.256 e. The number of methoxy groups -OCH3 is 2. The van der Waals surface area contributed by atoms with E-state index in [1.165, 1.54) is 0 Å². The maximum absolute atomic E-state index is 5.19. The van der Waals surface area contributed by atoms with Crippen LogP contribution in [-0.4, -0.2) is 24.0 Å². The van der Waals surface area contributed by atoms with Crippen molar-refractivity contribution in [3.63, 3.8) is 0 Å². The van der Waals surface area contributed by atoms with E-state index in [0.717, 1.165) is 17.0 Å². The van der Waals surface area contributed by atoms with Crippen molar-refractivity contribution in [3.05, 3.63) is 36.0 Å². The fraction of sp³-hybridized carbons (Fsp3) is 0.308. The van der Waals surface area contributed by atoms with Gasteiger partial charge in [0, 0.05) is 13.6 Å². The molecule has 1 aromatic carbocycles. The summed E-state index contributed by atoms with van der Waals surface area (Å²) in [5.41, 5.74) is 2.02. The fourth-order valence-corrected chi connectivity index (χ4v) is 1.72. The number of hydrogen-bond donors (Lipinski definition) is 1. The van der Waals surface area contributed by atoms with Crippen LogP contribution in [0.5, 0.6) is 11.6 Å². The van der Waals surface area contributed by atoms with E-state index in [1.807, 2.05) is 37.5 Å². The molecule has 2 rings (SSSR count). The van der Waals surface area contributed by atoms with Crippen LogP contribution >= 0.6 is 12.4 Å². The number of halogens is 1. The van der Waals surface area contributed by atoms with Crippen LogP contribution in [0.1, 0.15) is 5.56 Å². The Morgan fingerprint density at radius 3 is 2.74 bits per heavy atom. The molecule has 0 aliphatic carbocycles. The summed E-state index contributed by atoms with van der Waals surface area (Å²) in [4.78, 5) is 0. The van der Waals surface area contributed by atoms with E-state index in [1.54, 1.807) is 18.9 Å². The summed E-state index contributed by atoms with van der Waals surface area (Å²) in [5, 5.41) is 7.47. The van der Waals surface area contributed by atoms with Crippen molar-refractivity contribution in [3.8, 4) is 11.6 Å². The van der Waals surface area contributed by atoms with E-state index >= 15 is 0 Å². The zero-order chi connectivity index (χ0) is 13.0. The van der Waals surface area contributed by atoms with Crippen LogP contribution in [0.25, 0.3) is 0 Å². The molecule has 19 heavy (non-hydrogen) atoms. The second-order valence-electron chi connectivity index (χ2n) is 3.93. The van der Waals surface area contributed by atoms with Gasteiger partial charge in [-0.25, -0.2) is 0 Å². The van der Waals surface area contributed by atoms with Gasteiger partial charge >= 0.3 is 0 Å². The first-order valence-electron chi connectivity index (χ1n) is 5.67. The number of anilines is 1. The molecule has 0 fully saturated rings. The molecule has 2 aromatic rings. The lowest BCUT2D eigenvalue weighted by molar-refractivity contribution is 0.393. The predicted octanol–water partition coefficient (Wildman–Crippen LogP) is 2.47. The van der Waals surface area contributed by atoms with Gasteiger partial charge in [-0.2, -0.15) is 0 Å². The van der Waals surface area contributed by atoms with Gasteiger partial charge in [-0.3, -0.25) is 4.68 Å². The molecule has 1 aromatic heterocycles. The van der Waals surface area contributed by atoms with Crippen molar-refractivity contribution >= 4 is 18.1 Å². The normalized spacial score (nSPS) is 9.63. The van der Waals surface area contributed by atoms with Crippen LogP contribution in [0.3, 0.4) is 0 Å². The maximum atomic E-state index is 5.19. The first-order chi connectivity index (χ1) is 8.72. The average molecular weight is 284 g/mol. The highest BCUT2D eigenvalue weighted by Crippen LogP contribution is 2.22. The van der Waals surface area contributed by atoms with Crippen LogP contribution in [0.15, 0.2) is 30.5 Å². The van der Waals surface area contributed by atoms with Crippen molar-refractivity contribution in [2.24, 2.45) is 7.05 Å². The number of aromatic nitrogens is 2. The molecule has 0 saturated heterocycles. The monoisotopic (exact) mass is 283 g/mol. The Morgan fingerprint density at radius 1 is 1.26 bits per heavy atom. The van der Waals surface area contributed by atoms with Crippen molar-refractivity contribution in [1.29, 1.82) is 0 Å². The zero-order valence-electron chi connectivity index (χ0n) is 11.2. The molecule has 0 bridgehead atoms. The van der Waals surface area contributed by atoms with E-state index in [2.05, 4.69) is 10.4 Å². The molecular formula is C13H18ClN3O2. The van der Waals surface area contributed by atoms with Crippen LogP contribution in [0.4, 0.5) is 5.69 Å². The highest BCUT2D eigenvalue weighted by Gasteiger charge is 2.07. The van der Waals surface area contributed by atoms with Gasteiger partial charge in [0.2, 0.25) is 0 Å². The topological polar surface area (TPSA) is 48.3 Å². The molecule has 0 unspecified atom stereocenters. The minimum Gasteiger partial charge on any atom is -0.497 e. The van der Waals surface area contributed by atoms with E-state index in [-0.39, 0.29) is 12.4 Å². The highest BCUT2D eigenvalue weighted by atomic mass is 35.5. The number of nitrogens with one attached hydrogen (secondary N) is 1. The second kappa shape index (κ2) is 6.89. The summed E-state index contributed by atoms with van der Waals surface area (Å²) in [5.74, 6) is 1.45. The van der Waals surface area contributed by atoms with Crippen molar-refractivity contribution < 1.29 is 9.47 Å².